The zero-order valence-corrected chi connectivity index (χ0v) is 20.9. The molecule has 5 rings (SSSR count). The molecule has 0 bridgehead atoms. The second kappa shape index (κ2) is 9.11. The maximum absolute atomic E-state index is 14.3. The summed E-state index contributed by atoms with van der Waals surface area (Å²) in [6.45, 7) is 3.75. The van der Waals surface area contributed by atoms with Crippen LogP contribution in [0.3, 0.4) is 0 Å². The predicted octanol–water partition coefficient (Wildman–Crippen LogP) is 4.43. The molecule has 7 atom stereocenters. The summed E-state index contributed by atoms with van der Waals surface area (Å²) in [7, 11) is 1.28. The summed E-state index contributed by atoms with van der Waals surface area (Å²) in [6.07, 6.45) is 2.19. The molecule has 1 aliphatic heterocycles. The summed E-state index contributed by atoms with van der Waals surface area (Å²) in [6, 6.07) is 7.05. The molecule has 0 spiro atoms. The van der Waals surface area contributed by atoms with E-state index in [0.717, 1.165) is 6.07 Å². The van der Waals surface area contributed by atoms with E-state index in [9.17, 15) is 23.6 Å². The molecule has 0 N–H and O–H groups in total. The largest absolute Gasteiger partial charge is 0.472 e. The van der Waals surface area contributed by atoms with Crippen molar-refractivity contribution in [3.8, 4) is 0 Å². The van der Waals surface area contributed by atoms with Gasteiger partial charge in [0, 0.05) is 17.9 Å². The zero-order chi connectivity index (χ0) is 26.5. The van der Waals surface area contributed by atoms with E-state index >= 15 is 0 Å². The average molecular weight is 513 g/mol. The Morgan fingerprint density at radius 2 is 1.86 bits per heavy atom. The minimum absolute atomic E-state index is 0.0744. The lowest BCUT2D eigenvalue weighted by Crippen LogP contribution is -2.64. The fourth-order valence-corrected chi connectivity index (χ4v) is 7.08. The van der Waals surface area contributed by atoms with Crippen LogP contribution >= 0.6 is 0 Å². The van der Waals surface area contributed by atoms with Crippen molar-refractivity contribution in [1.82, 2.24) is 0 Å². The Hall–Kier alpha value is -3.49. The van der Waals surface area contributed by atoms with Gasteiger partial charge in [-0.05, 0) is 48.3 Å². The number of carbonyl (C=O) groups is 4. The van der Waals surface area contributed by atoms with Gasteiger partial charge in [-0.25, -0.2) is 9.18 Å². The summed E-state index contributed by atoms with van der Waals surface area (Å²) in [5.74, 6) is -5.20. The highest BCUT2D eigenvalue weighted by Crippen LogP contribution is 2.65. The van der Waals surface area contributed by atoms with Crippen LogP contribution in [0.25, 0.3) is 0 Å². The topological polar surface area (TPSA) is 109 Å². The minimum Gasteiger partial charge on any atom is -0.472 e. The quantitative estimate of drug-likeness (QED) is 0.437. The van der Waals surface area contributed by atoms with Gasteiger partial charge in [0.2, 0.25) is 0 Å². The molecule has 1 aromatic heterocycles. The lowest BCUT2D eigenvalue weighted by molar-refractivity contribution is -0.208. The number of furan rings is 1. The second-order valence-corrected chi connectivity index (χ2v) is 10.8. The van der Waals surface area contributed by atoms with Crippen molar-refractivity contribution < 1.29 is 42.2 Å². The van der Waals surface area contributed by atoms with Gasteiger partial charge in [0.25, 0.3) is 0 Å². The lowest BCUT2D eigenvalue weighted by atomic mass is 9.43. The highest BCUT2D eigenvalue weighted by Gasteiger charge is 2.67. The minimum atomic E-state index is -1.30. The number of fused-ring (bicyclic) bond motifs is 3. The third-order valence-corrected chi connectivity index (χ3v) is 8.85. The Labute approximate surface area is 213 Å². The van der Waals surface area contributed by atoms with Gasteiger partial charge in [-0.1, -0.05) is 26.0 Å². The number of halogens is 1. The van der Waals surface area contributed by atoms with Crippen LogP contribution in [0.2, 0.25) is 0 Å². The van der Waals surface area contributed by atoms with E-state index in [1.54, 1.807) is 6.07 Å². The Kier molecular flexibility index (Phi) is 6.20. The van der Waals surface area contributed by atoms with Crippen LogP contribution in [0.4, 0.5) is 4.39 Å². The molecular weight excluding hydrogens is 483 g/mol. The first kappa shape index (κ1) is 25.2. The van der Waals surface area contributed by atoms with Crippen LogP contribution in [0.15, 0.2) is 47.3 Å². The maximum Gasteiger partial charge on any atom is 0.341 e. The molecule has 8 nitrogen and oxygen atoms in total. The molecule has 2 heterocycles. The highest BCUT2D eigenvalue weighted by molar-refractivity contribution is 5.96. The first-order chi connectivity index (χ1) is 17.6. The summed E-state index contributed by atoms with van der Waals surface area (Å²) in [5, 5.41) is 0. The number of esters is 3. The third kappa shape index (κ3) is 3.95. The lowest BCUT2D eigenvalue weighted by Gasteiger charge is -2.61. The van der Waals surface area contributed by atoms with Crippen LogP contribution < -0.4 is 0 Å². The molecule has 0 radical (unpaired) electrons. The van der Waals surface area contributed by atoms with E-state index < -0.39 is 64.5 Å². The van der Waals surface area contributed by atoms with Gasteiger partial charge in [-0.2, -0.15) is 0 Å². The smallest absolute Gasteiger partial charge is 0.341 e. The molecule has 2 aliphatic carbocycles. The number of methoxy groups -OCH3 is 1. The van der Waals surface area contributed by atoms with Crippen LogP contribution in [-0.2, 0) is 28.6 Å². The monoisotopic (exact) mass is 512 g/mol. The first-order valence-corrected chi connectivity index (χ1v) is 12.4. The molecule has 3 fully saturated rings. The highest BCUT2D eigenvalue weighted by atomic mass is 19.1. The third-order valence-electron chi connectivity index (χ3n) is 8.85. The number of ether oxygens (including phenoxy) is 3. The Morgan fingerprint density at radius 1 is 1.11 bits per heavy atom. The molecular formula is C28H29FO8. The van der Waals surface area contributed by atoms with Crippen molar-refractivity contribution in [2.45, 2.75) is 51.7 Å². The summed E-state index contributed by atoms with van der Waals surface area (Å²) < 4.78 is 35.9. The Balaban J connectivity index is 1.54. The van der Waals surface area contributed by atoms with Crippen molar-refractivity contribution in [2.75, 3.05) is 7.11 Å². The first-order valence-electron chi connectivity index (χ1n) is 12.4. The number of ketones is 1. The fraction of sp³-hybridized carbons (Fsp3) is 0.500. The van der Waals surface area contributed by atoms with E-state index in [4.69, 9.17) is 18.6 Å². The molecule has 3 aliphatic rings. The summed E-state index contributed by atoms with van der Waals surface area (Å²) in [4.78, 5) is 53.2. The SMILES string of the molecule is COC(=O)[C@@H]1C[C@H](OC(=O)c2ccccc2F)C(=O)[C@H]2[C@@]1(C)CC[C@H]1C(=O)O[C@H](c3ccoc3)C[C@]21C. The van der Waals surface area contributed by atoms with E-state index in [0.29, 0.717) is 24.8 Å². The van der Waals surface area contributed by atoms with Crippen LogP contribution in [0.1, 0.15) is 61.6 Å². The maximum atomic E-state index is 14.3. The number of carbonyl (C=O) groups excluding carboxylic acids is 4. The van der Waals surface area contributed by atoms with Crippen molar-refractivity contribution >= 4 is 23.7 Å². The van der Waals surface area contributed by atoms with E-state index in [2.05, 4.69) is 0 Å². The van der Waals surface area contributed by atoms with Gasteiger partial charge in [0.05, 0.1) is 37.0 Å². The molecule has 2 aromatic rings. The fourth-order valence-electron chi connectivity index (χ4n) is 7.08. The van der Waals surface area contributed by atoms with Crippen molar-refractivity contribution in [2.24, 2.45) is 28.6 Å². The molecule has 0 unspecified atom stereocenters. The predicted molar refractivity (Wildman–Crippen MR) is 125 cm³/mol. The van der Waals surface area contributed by atoms with Crippen LogP contribution in [0.5, 0.6) is 0 Å². The number of hydrogen-bond acceptors (Lipinski definition) is 8. The van der Waals surface area contributed by atoms with Gasteiger partial charge in [-0.15, -0.1) is 0 Å². The summed E-state index contributed by atoms with van der Waals surface area (Å²) >= 11 is 0. The van der Waals surface area contributed by atoms with Crippen molar-refractivity contribution in [3.05, 3.63) is 59.8 Å². The number of hydrogen-bond donors (Lipinski definition) is 0. The zero-order valence-electron chi connectivity index (χ0n) is 20.9. The normalized spacial score (nSPS) is 35.1. The van der Waals surface area contributed by atoms with Gasteiger partial charge in [-0.3, -0.25) is 14.4 Å². The van der Waals surface area contributed by atoms with Crippen LogP contribution in [-0.4, -0.2) is 36.9 Å². The molecule has 37 heavy (non-hydrogen) atoms. The van der Waals surface area contributed by atoms with Crippen molar-refractivity contribution in [3.63, 3.8) is 0 Å². The van der Waals surface area contributed by atoms with Gasteiger partial charge < -0.3 is 18.6 Å². The molecule has 0 amide bonds. The van der Waals surface area contributed by atoms with Gasteiger partial charge >= 0.3 is 17.9 Å². The number of benzene rings is 1. The number of rotatable bonds is 4. The standard InChI is InChI=1S/C28H29FO8/c1-27-10-8-17-26(33)37-21(15-9-11-35-14-15)13-28(17,2)23(27)22(30)20(12-18(27)25(32)34-3)36-24(31)16-6-4-5-7-19(16)29/h4-7,9,11,14,17-18,20-21,23H,8,10,12-13H2,1-3H3/t17-,18-,20-,21-,23-,27-,28-/m0/s1. The summed E-state index contributed by atoms with van der Waals surface area (Å²) in [5.41, 5.74) is -1.35. The van der Waals surface area contributed by atoms with E-state index in [-0.39, 0.29) is 17.8 Å². The Morgan fingerprint density at radius 3 is 2.54 bits per heavy atom. The van der Waals surface area contributed by atoms with Crippen molar-refractivity contribution in [1.29, 1.82) is 0 Å². The number of Topliss-reactive ketones (excluding diaryl/α,β-unsaturated/α-hetero) is 1. The molecule has 1 saturated heterocycles. The molecule has 9 heteroatoms. The second-order valence-electron chi connectivity index (χ2n) is 10.8. The molecule has 2 saturated carbocycles. The molecule has 1 aromatic carbocycles. The van der Waals surface area contributed by atoms with E-state index in [1.165, 1.54) is 37.8 Å². The Bertz CT molecular complexity index is 1240. The molecule has 196 valence electrons. The van der Waals surface area contributed by atoms with Crippen LogP contribution in [0, 0.1) is 34.4 Å². The van der Waals surface area contributed by atoms with Gasteiger partial charge in [0.1, 0.15) is 11.9 Å². The average Bonchev–Trinajstić information content (AvgIpc) is 3.40. The van der Waals surface area contributed by atoms with E-state index in [1.807, 2.05) is 13.8 Å². The van der Waals surface area contributed by atoms with Gasteiger partial charge in [0.15, 0.2) is 11.9 Å². The number of cyclic esters (lactones) is 1.